The van der Waals surface area contributed by atoms with E-state index in [-0.39, 0.29) is 35.6 Å². The molecule has 3 aromatic rings. The fourth-order valence-electron chi connectivity index (χ4n) is 2.46. The summed E-state index contributed by atoms with van der Waals surface area (Å²) in [7, 11) is 1.57. The molecule has 3 rings (SSSR count). The Bertz CT molecular complexity index is 991. The highest BCUT2D eigenvalue weighted by molar-refractivity contribution is 7.13. The molecular weight excluding hydrogens is 395 g/mol. The Labute approximate surface area is 170 Å². The largest absolute Gasteiger partial charge is 0.497 e. The van der Waals surface area contributed by atoms with E-state index in [1.807, 2.05) is 0 Å². The number of carbonyl (C=O) groups is 2. The molecular formula is C20H19FN4O3S. The number of aryl methyl sites for hydroxylation is 1. The molecule has 0 atom stereocenters. The molecule has 1 heterocycles. The summed E-state index contributed by atoms with van der Waals surface area (Å²) in [6, 6.07) is 13.0. The number of methoxy groups -OCH3 is 1. The van der Waals surface area contributed by atoms with Gasteiger partial charge in [0.15, 0.2) is 0 Å². The second-order valence-electron chi connectivity index (χ2n) is 6.09. The van der Waals surface area contributed by atoms with Gasteiger partial charge in [0, 0.05) is 25.1 Å². The zero-order chi connectivity index (χ0) is 20.6. The molecule has 0 aliphatic heterocycles. The van der Waals surface area contributed by atoms with Crippen LogP contribution in [0.5, 0.6) is 5.75 Å². The molecule has 7 nitrogen and oxygen atoms in total. The number of nitrogens with zero attached hydrogens (tertiary/aromatic N) is 2. The quantitative estimate of drug-likeness (QED) is 0.591. The molecule has 0 spiro atoms. The van der Waals surface area contributed by atoms with Gasteiger partial charge in [-0.25, -0.2) is 4.39 Å². The standard InChI is InChI=1S/C20H19FN4O3S/c1-28-16-7-5-15(6-8-16)23-19(27)20-25-24-18(29-20)10-9-17(26)22-12-13-3-2-4-14(21)11-13/h2-8,11H,9-10,12H2,1H3,(H,22,26)(H,23,27). The van der Waals surface area contributed by atoms with Gasteiger partial charge in [-0.3, -0.25) is 9.59 Å². The van der Waals surface area contributed by atoms with Gasteiger partial charge in [0.25, 0.3) is 5.91 Å². The highest BCUT2D eigenvalue weighted by atomic mass is 32.1. The van der Waals surface area contributed by atoms with Gasteiger partial charge in [-0.15, -0.1) is 10.2 Å². The van der Waals surface area contributed by atoms with Crippen molar-refractivity contribution < 1.29 is 18.7 Å². The van der Waals surface area contributed by atoms with E-state index in [0.29, 0.717) is 28.4 Å². The summed E-state index contributed by atoms with van der Waals surface area (Å²) >= 11 is 1.14. The molecule has 1 aromatic heterocycles. The highest BCUT2D eigenvalue weighted by Crippen LogP contribution is 2.17. The Hall–Kier alpha value is -3.33. The molecule has 0 aliphatic rings. The molecule has 0 unspecified atom stereocenters. The first-order valence-electron chi connectivity index (χ1n) is 8.82. The van der Waals surface area contributed by atoms with E-state index in [9.17, 15) is 14.0 Å². The third-order valence-corrected chi connectivity index (χ3v) is 4.94. The monoisotopic (exact) mass is 414 g/mol. The van der Waals surface area contributed by atoms with Crippen LogP contribution in [0.2, 0.25) is 0 Å². The molecule has 0 saturated carbocycles. The number of halogens is 1. The summed E-state index contributed by atoms with van der Waals surface area (Å²) in [4.78, 5) is 24.2. The Morgan fingerprint density at radius 2 is 1.93 bits per heavy atom. The van der Waals surface area contributed by atoms with E-state index in [1.54, 1.807) is 43.5 Å². The number of nitrogens with one attached hydrogen (secondary N) is 2. The number of hydrogen-bond donors (Lipinski definition) is 2. The maximum atomic E-state index is 13.1. The average molecular weight is 414 g/mol. The molecule has 0 bridgehead atoms. The van der Waals surface area contributed by atoms with Gasteiger partial charge in [-0.2, -0.15) is 0 Å². The third-order valence-electron chi connectivity index (χ3n) is 3.95. The molecule has 2 N–H and O–H groups in total. The number of amides is 2. The summed E-state index contributed by atoms with van der Waals surface area (Å²) in [6.07, 6.45) is 0.562. The maximum Gasteiger partial charge on any atom is 0.286 e. The second-order valence-corrected chi connectivity index (χ2v) is 7.15. The van der Waals surface area contributed by atoms with E-state index < -0.39 is 0 Å². The number of hydrogen-bond acceptors (Lipinski definition) is 6. The van der Waals surface area contributed by atoms with Crippen molar-refractivity contribution in [3.8, 4) is 5.75 Å². The number of benzene rings is 2. The van der Waals surface area contributed by atoms with Gasteiger partial charge in [0.1, 0.15) is 16.6 Å². The number of anilines is 1. The molecule has 0 saturated heterocycles. The minimum Gasteiger partial charge on any atom is -0.497 e. The van der Waals surface area contributed by atoms with Crippen molar-refractivity contribution in [1.29, 1.82) is 0 Å². The number of rotatable bonds is 8. The lowest BCUT2D eigenvalue weighted by Gasteiger charge is -2.04. The van der Waals surface area contributed by atoms with Gasteiger partial charge >= 0.3 is 0 Å². The van der Waals surface area contributed by atoms with Crippen LogP contribution in [0, 0.1) is 5.82 Å². The van der Waals surface area contributed by atoms with Gasteiger partial charge in [0.2, 0.25) is 10.9 Å². The van der Waals surface area contributed by atoms with Crippen molar-refractivity contribution in [2.24, 2.45) is 0 Å². The van der Waals surface area contributed by atoms with Crippen LogP contribution in [0.4, 0.5) is 10.1 Å². The Morgan fingerprint density at radius 1 is 1.14 bits per heavy atom. The molecule has 0 fully saturated rings. The van der Waals surface area contributed by atoms with E-state index >= 15 is 0 Å². The van der Waals surface area contributed by atoms with Crippen molar-refractivity contribution in [1.82, 2.24) is 15.5 Å². The first kappa shape index (κ1) is 20.4. The summed E-state index contributed by atoms with van der Waals surface area (Å²) in [5.74, 6) is -0.203. The SMILES string of the molecule is COc1ccc(NC(=O)c2nnc(CCC(=O)NCc3cccc(F)c3)s2)cc1. The van der Waals surface area contributed by atoms with Crippen LogP contribution in [0.15, 0.2) is 48.5 Å². The summed E-state index contributed by atoms with van der Waals surface area (Å²) < 4.78 is 18.2. The van der Waals surface area contributed by atoms with Gasteiger partial charge < -0.3 is 15.4 Å². The lowest BCUT2D eigenvalue weighted by Crippen LogP contribution is -2.23. The van der Waals surface area contributed by atoms with Crippen LogP contribution in [-0.2, 0) is 17.8 Å². The minimum atomic E-state index is -0.366. The molecule has 2 amide bonds. The molecule has 2 aromatic carbocycles. The smallest absolute Gasteiger partial charge is 0.286 e. The van der Waals surface area contributed by atoms with Crippen molar-refractivity contribution in [3.63, 3.8) is 0 Å². The second kappa shape index (κ2) is 9.74. The van der Waals surface area contributed by atoms with E-state index in [1.165, 1.54) is 12.1 Å². The Balaban J connectivity index is 1.46. The van der Waals surface area contributed by atoms with Crippen molar-refractivity contribution in [3.05, 3.63) is 69.9 Å². The number of ether oxygens (including phenoxy) is 1. The van der Waals surface area contributed by atoms with E-state index in [0.717, 1.165) is 11.3 Å². The van der Waals surface area contributed by atoms with Crippen LogP contribution in [-0.4, -0.2) is 29.1 Å². The summed E-state index contributed by atoms with van der Waals surface area (Å²) in [5, 5.41) is 14.1. The van der Waals surface area contributed by atoms with Crippen LogP contribution in [0.1, 0.15) is 26.8 Å². The maximum absolute atomic E-state index is 13.1. The lowest BCUT2D eigenvalue weighted by molar-refractivity contribution is -0.121. The van der Waals surface area contributed by atoms with Crippen molar-refractivity contribution in [2.45, 2.75) is 19.4 Å². The fraction of sp³-hybridized carbons (Fsp3) is 0.200. The number of carbonyl (C=O) groups excluding carboxylic acids is 2. The predicted octanol–water partition coefficient (Wildman–Crippen LogP) is 3.19. The van der Waals surface area contributed by atoms with Gasteiger partial charge in [-0.1, -0.05) is 23.5 Å². The first-order valence-corrected chi connectivity index (χ1v) is 9.64. The molecule has 29 heavy (non-hydrogen) atoms. The van der Waals surface area contributed by atoms with Crippen LogP contribution in [0.3, 0.4) is 0 Å². The minimum absolute atomic E-state index is 0.186. The van der Waals surface area contributed by atoms with Gasteiger partial charge in [-0.05, 0) is 42.0 Å². The van der Waals surface area contributed by atoms with E-state index in [4.69, 9.17) is 4.74 Å². The average Bonchev–Trinajstić information content (AvgIpc) is 3.21. The zero-order valence-electron chi connectivity index (χ0n) is 15.6. The predicted molar refractivity (Wildman–Crippen MR) is 107 cm³/mol. The Kier molecular flexibility index (Phi) is 6.85. The van der Waals surface area contributed by atoms with Gasteiger partial charge in [0.05, 0.1) is 7.11 Å². The molecule has 0 aliphatic carbocycles. The summed E-state index contributed by atoms with van der Waals surface area (Å²) in [6.45, 7) is 0.252. The van der Waals surface area contributed by atoms with Crippen LogP contribution >= 0.6 is 11.3 Å². The highest BCUT2D eigenvalue weighted by Gasteiger charge is 2.14. The van der Waals surface area contributed by atoms with Crippen molar-refractivity contribution >= 4 is 28.8 Å². The topological polar surface area (TPSA) is 93.2 Å². The first-order chi connectivity index (χ1) is 14.0. The lowest BCUT2D eigenvalue weighted by atomic mass is 10.2. The van der Waals surface area contributed by atoms with E-state index in [2.05, 4.69) is 20.8 Å². The molecule has 0 radical (unpaired) electrons. The molecule has 9 heteroatoms. The number of aromatic nitrogens is 2. The van der Waals surface area contributed by atoms with Crippen LogP contribution in [0.25, 0.3) is 0 Å². The van der Waals surface area contributed by atoms with Crippen molar-refractivity contribution in [2.75, 3.05) is 12.4 Å². The Morgan fingerprint density at radius 3 is 2.66 bits per heavy atom. The van der Waals surface area contributed by atoms with Crippen LogP contribution < -0.4 is 15.4 Å². The summed E-state index contributed by atoms with van der Waals surface area (Å²) in [5.41, 5.74) is 1.30. The molecule has 150 valence electrons. The fourth-order valence-corrected chi connectivity index (χ4v) is 3.20. The third kappa shape index (κ3) is 6.08. The normalized spacial score (nSPS) is 10.4. The zero-order valence-corrected chi connectivity index (χ0v) is 16.5.